The highest BCUT2D eigenvalue weighted by molar-refractivity contribution is 5.96. The van der Waals surface area contributed by atoms with Gasteiger partial charge in [0, 0.05) is 24.9 Å². The highest BCUT2D eigenvalue weighted by Gasteiger charge is 2.40. The van der Waals surface area contributed by atoms with Crippen LogP contribution >= 0.6 is 0 Å². The SMILES string of the molecule is CCc1noc(C)c1C(=O)N1CCC[C@@](COc2ccc(F)cc2)(CC(N)=O)C1. The van der Waals surface area contributed by atoms with Crippen LogP contribution in [0.2, 0.25) is 0 Å². The van der Waals surface area contributed by atoms with Gasteiger partial charge in [-0.2, -0.15) is 0 Å². The van der Waals surface area contributed by atoms with E-state index in [1.807, 2.05) is 6.92 Å². The number of rotatable bonds is 7. The van der Waals surface area contributed by atoms with Crippen molar-refractivity contribution in [2.45, 2.75) is 39.5 Å². The van der Waals surface area contributed by atoms with Crippen LogP contribution in [0.3, 0.4) is 0 Å². The van der Waals surface area contributed by atoms with E-state index < -0.39 is 11.3 Å². The molecule has 1 aromatic carbocycles. The van der Waals surface area contributed by atoms with Crippen molar-refractivity contribution in [3.05, 3.63) is 47.1 Å². The molecule has 0 aliphatic carbocycles. The first-order valence-electron chi connectivity index (χ1n) is 9.74. The van der Waals surface area contributed by atoms with Gasteiger partial charge in [-0.05, 0) is 50.5 Å². The molecule has 1 aliphatic heterocycles. The third kappa shape index (κ3) is 4.75. The third-order valence-corrected chi connectivity index (χ3v) is 5.34. The average Bonchev–Trinajstić information content (AvgIpc) is 3.07. The van der Waals surface area contributed by atoms with E-state index in [9.17, 15) is 14.0 Å². The van der Waals surface area contributed by atoms with Crippen LogP contribution in [0.25, 0.3) is 0 Å². The Labute approximate surface area is 169 Å². The maximum atomic E-state index is 13.2. The molecule has 1 aliphatic rings. The molecule has 1 atom stereocenters. The molecule has 0 radical (unpaired) electrons. The predicted molar refractivity (Wildman–Crippen MR) is 104 cm³/mol. The van der Waals surface area contributed by atoms with Crippen LogP contribution in [0, 0.1) is 18.2 Å². The van der Waals surface area contributed by atoms with Crippen molar-refractivity contribution in [2.24, 2.45) is 11.1 Å². The smallest absolute Gasteiger partial charge is 0.259 e. The van der Waals surface area contributed by atoms with E-state index in [4.69, 9.17) is 15.0 Å². The number of halogens is 1. The highest BCUT2D eigenvalue weighted by atomic mass is 19.1. The maximum Gasteiger partial charge on any atom is 0.259 e. The zero-order valence-corrected chi connectivity index (χ0v) is 16.7. The second kappa shape index (κ2) is 8.63. The molecule has 156 valence electrons. The van der Waals surface area contributed by atoms with Gasteiger partial charge in [-0.25, -0.2) is 4.39 Å². The van der Waals surface area contributed by atoms with Crippen molar-refractivity contribution < 1.29 is 23.2 Å². The van der Waals surface area contributed by atoms with Crippen molar-refractivity contribution in [1.29, 1.82) is 0 Å². The molecular weight excluding hydrogens is 377 g/mol. The first kappa shape index (κ1) is 20.8. The van der Waals surface area contributed by atoms with Crippen LogP contribution in [-0.2, 0) is 11.2 Å². The molecule has 2 N–H and O–H groups in total. The predicted octanol–water partition coefficient (Wildman–Crippen LogP) is 2.86. The first-order valence-corrected chi connectivity index (χ1v) is 9.74. The topological polar surface area (TPSA) is 98.7 Å². The molecule has 1 aromatic heterocycles. The number of hydrogen-bond acceptors (Lipinski definition) is 5. The standard InChI is InChI=1S/C21H26FN3O4/c1-3-17-19(14(2)29-24-17)20(27)25-10-4-9-21(12-25,11-18(23)26)13-28-16-7-5-15(22)6-8-16/h5-8H,3-4,9-13H2,1-2H3,(H2,23,26)/t21-/m1/s1. The van der Waals surface area contributed by atoms with Crippen LogP contribution in [0.1, 0.15) is 48.0 Å². The van der Waals surface area contributed by atoms with E-state index in [1.165, 1.54) is 24.3 Å². The number of piperidine rings is 1. The number of aryl methyl sites for hydroxylation is 2. The van der Waals surface area contributed by atoms with Gasteiger partial charge < -0.3 is 19.9 Å². The van der Waals surface area contributed by atoms with Gasteiger partial charge in [0.2, 0.25) is 5.91 Å². The number of aromatic nitrogens is 1. The van der Waals surface area contributed by atoms with Gasteiger partial charge in [0.15, 0.2) is 0 Å². The molecule has 7 nitrogen and oxygen atoms in total. The number of hydrogen-bond donors (Lipinski definition) is 1. The van der Waals surface area contributed by atoms with Crippen LogP contribution in [0.15, 0.2) is 28.8 Å². The number of nitrogens with zero attached hydrogens (tertiary/aromatic N) is 2. The summed E-state index contributed by atoms with van der Waals surface area (Å²) in [5, 5.41) is 3.97. The number of likely N-dealkylation sites (tertiary alicyclic amines) is 1. The summed E-state index contributed by atoms with van der Waals surface area (Å²) in [4.78, 5) is 26.7. The van der Waals surface area contributed by atoms with Crippen molar-refractivity contribution in [2.75, 3.05) is 19.7 Å². The summed E-state index contributed by atoms with van der Waals surface area (Å²) in [6.45, 7) is 4.75. The number of benzene rings is 1. The Morgan fingerprint density at radius 1 is 1.34 bits per heavy atom. The number of carbonyl (C=O) groups is 2. The van der Waals surface area contributed by atoms with Gasteiger partial charge in [-0.15, -0.1) is 0 Å². The monoisotopic (exact) mass is 403 g/mol. The number of carbonyl (C=O) groups excluding carboxylic acids is 2. The molecule has 3 rings (SSSR count). The van der Waals surface area contributed by atoms with Gasteiger partial charge >= 0.3 is 0 Å². The Morgan fingerprint density at radius 2 is 2.07 bits per heavy atom. The fourth-order valence-electron chi connectivity index (χ4n) is 3.92. The fourth-order valence-corrected chi connectivity index (χ4v) is 3.92. The molecule has 2 aromatic rings. The van der Waals surface area contributed by atoms with Gasteiger partial charge in [0.25, 0.3) is 5.91 Å². The number of amides is 2. The summed E-state index contributed by atoms with van der Waals surface area (Å²) in [7, 11) is 0. The van der Waals surface area contributed by atoms with Gasteiger partial charge in [-0.1, -0.05) is 12.1 Å². The number of primary amides is 1. The summed E-state index contributed by atoms with van der Waals surface area (Å²) in [5.41, 5.74) is 6.02. The summed E-state index contributed by atoms with van der Waals surface area (Å²) in [6, 6.07) is 5.70. The second-order valence-electron chi connectivity index (χ2n) is 7.63. The van der Waals surface area contributed by atoms with Gasteiger partial charge in [0.05, 0.1) is 12.3 Å². The van der Waals surface area contributed by atoms with Crippen LogP contribution in [0.5, 0.6) is 5.75 Å². The zero-order chi connectivity index (χ0) is 21.0. The molecule has 8 heteroatoms. The minimum absolute atomic E-state index is 0.0984. The summed E-state index contributed by atoms with van der Waals surface area (Å²) in [5.74, 6) is 0.0325. The minimum Gasteiger partial charge on any atom is -0.493 e. The summed E-state index contributed by atoms with van der Waals surface area (Å²) in [6.07, 6.45) is 2.11. The van der Waals surface area contributed by atoms with E-state index in [0.29, 0.717) is 48.7 Å². The molecule has 1 saturated heterocycles. The van der Waals surface area contributed by atoms with Crippen LogP contribution < -0.4 is 10.5 Å². The fraction of sp³-hybridized carbons (Fsp3) is 0.476. The average molecular weight is 403 g/mol. The van der Waals surface area contributed by atoms with E-state index >= 15 is 0 Å². The quantitative estimate of drug-likeness (QED) is 0.766. The third-order valence-electron chi connectivity index (χ3n) is 5.34. The van der Waals surface area contributed by atoms with E-state index in [2.05, 4.69) is 5.16 Å². The van der Waals surface area contributed by atoms with E-state index in [-0.39, 0.29) is 24.8 Å². The summed E-state index contributed by atoms with van der Waals surface area (Å²) >= 11 is 0. The minimum atomic E-state index is -0.606. The molecule has 1 fully saturated rings. The van der Waals surface area contributed by atoms with Gasteiger partial charge in [-0.3, -0.25) is 9.59 Å². The molecular formula is C21H26FN3O4. The normalized spacial score (nSPS) is 19.2. The van der Waals surface area contributed by atoms with E-state index in [0.717, 1.165) is 6.42 Å². The largest absolute Gasteiger partial charge is 0.493 e. The lowest BCUT2D eigenvalue weighted by Crippen LogP contribution is -2.50. The summed E-state index contributed by atoms with van der Waals surface area (Å²) < 4.78 is 24.2. The first-order chi connectivity index (χ1) is 13.8. The highest BCUT2D eigenvalue weighted by Crippen LogP contribution is 2.35. The molecule has 0 spiro atoms. The van der Waals surface area contributed by atoms with Gasteiger partial charge in [0.1, 0.15) is 22.9 Å². The molecule has 0 bridgehead atoms. The molecule has 29 heavy (non-hydrogen) atoms. The lowest BCUT2D eigenvalue weighted by molar-refractivity contribution is -0.122. The Hall–Kier alpha value is -2.90. The lowest BCUT2D eigenvalue weighted by Gasteiger charge is -2.42. The van der Waals surface area contributed by atoms with E-state index in [1.54, 1.807) is 11.8 Å². The number of ether oxygens (including phenoxy) is 1. The Morgan fingerprint density at radius 3 is 2.72 bits per heavy atom. The van der Waals surface area contributed by atoms with Crippen molar-refractivity contribution in [3.8, 4) is 5.75 Å². The van der Waals surface area contributed by atoms with Crippen LogP contribution in [-0.4, -0.2) is 41.6 Å². The lowest BCUT2D eigenvalue weighted by atomic mass is 9.77. The van der Waals surface area contributed by atoms with Crippen molar-refractivity contribution in [1.82, 2.24) is 10.1 Å². The zero-order valence-electron chi connectivity index (χ0n) is 16.7. The Balaban J connectivity index is 1.79. The number of nitrogens with two attached hydrogens (primary N) is 1. The molecule has 2 heterocycles. The van der Waals surface area contributed by atoms with Crippen molar-refractivity contribution >= 4 is 11.8 Å². The van der Waals surface area contributed by atoms with Crippen LogP contribution in [0.4, 0.5) is 4.39 Å². The molecule has 0 unspecified atom stereocenters. The molecule has 2 amide bonds. The van der Waals surface area contributed by atoms with Crippen molar-refractivity contribution in [3.63, 3.8) is 0 Å². The second-order valence-corrected chi connectivity index (χ2v) is 7.63. The Bertz CT molecular complexity index is 881. The molecule has 0 saturated carbocycles. The Kier molecular flexibility index (Phi) is 6.20. The maximum absolute atomic E-state index is 13.2.